The number of rotatable bonds is 4. The van der Waals surface area contributed by atoms with Crippen molar-refractivity contribution in [2.24, 2.45) is 0 Å². The number of benzene rings is 2. The van der Waals surface area contributed by atoms with Gasteiger partial charge in [0, 0.05) is 30.9 Å². The van der Waals surface area contributed by atoms with Crippen LogP contribution in [-0.4, -0.2) is 30.2 Å². The molecule has 0 saturated heterocycles. The Labute approximate surface area is 133 Å². The number of aromatic nitrogens is 2. The summed E-state index contributed by atoms with van der Waals surface area (Å²) in [6.07, 6.45) is 0. The molecule has 0 spiro atoms. The summed E-state index contributed by atoms with van der Waals surface area (Å²) in [4.78, 5) is 14.2. The maximum atomic E-state index is 12.2. The Morgan fingerprint density at radius 2 is 1.70 bits per heavy atom. The molecule has 6 nitrogen and oxygen atoms in total. The van der Waals surface area contributed by atoms with Crippen molar-refractivity contribution in [3.8, 4) is 11.5 Å². The van der Waals surface area contributed by atoms with Gasteiger partial charge in [-0.2, -0.15) is 0 Å². The molecule has 0 saturated carbocycles. The van der Waals surface area contributed by atoms with Gasteiger partial charge < -0.3 is 9.32 Å². The van der Waals surface area contributed by atoms with Crippen LogP contribution in [0.4, 0.5) is 11.7 Å². The Balaban J connectivity index is 1.72. The van der Waals surface area contributed by atoms with Crippen LogP contribution in [0.25, 0.3) is 11.5 Å². The zero-order chi connectivity index (χ0) is 16.2. The van der Waals surface area contributed by atoms with E-state index in [2.05, 4.69) is 15.5 Å². The van der Waals surface area contributed by atoms with Gasteiger partial charge in [0.25, 0.3) is 5.91 Å². The summed E-state index contributed by atoms with van der Waals surface area (Å²) in [6, 6.07) is 16.7. The smallest absolute Gasteiger partial charge is 0.322 e. The standard InChI is InChI=1S/C17H16N4O2/c1-21(2)14-10-8-12(9-11-14)15(22)18-17-20-19-16(23-17)13-6-4-3-5-7-13/h3-11H,1-2H3,(H,18,20,22). The van der Waals surface area contributed by atoms with Gasteiger partial charge in [-0.25, -0.2) is 0 Å². The van der Waals surface area contributed by atoms with E-state index >= 15 is 0 Å². The molecule has 1 N–H and O–H groups in total. The zero-order valence-electron chi connectivity index (χ0n) is 12.9. The average Bonchev–Trinajstić information content (AvgIpc) is 3.04. The molecule has 1 aromatic heterocycles. The van der Waals surface area contributed by atoms with Crippen molar-refractivity contribution >= 4 is 17.6 Å². The average molecular weight is 308 g/mol. The van der Waals surface area contributed by atoms with E-state index in [1.165, 1.54) is 0 Å². The molecule has 0 unspecified atom stereocenters. The molecule has 1 heterocycles. The van der Waals surface area contributed by atoms with Crippen LogP contribution >= 0.6 is 0 Å². The van der Waals surface area contributed by atoms with Gasteiger partial charge in [0.15, 0.2) is 0 Å². The van der Waals surface area contributed by atoms with Gasteiger partial charge in [0.05, 0.1) is 0 Å². The first-order valence-corrected chi connectivity index (χ1v) is 7.11. The molecular weight excluding hydrogens is 292 g/mol. The SMILES string of the molecule is CN(C)c1ccc(C(=O)Nc2nnc(-c3ccccc3)o2)cc1. The summed E-state index contributed by atoms with van der Waals surface area (Å²) in [6.45, 7) is 0. The van der Waals surface area contributed by atoms with E-state index in [0.717, 1.165) is 11.3 Å². The third-order valence-electron chi connectivity index (χ3n) is 3.31. The quantitative estimate of drug-likeness (QED) is 0.802. The second kappa shape index (κ2) is 6.31. The summed E-state index contributed by atoms with van der Waals surface area (Å²) in [5.41, 5.74) is 2.34. The van der Waals surface area contributed by atoms with Crippen LogP contribution in [0.15, 0.2) is 59.0 Å². The maximum Gasteiger partial charge on any atom is 0.322 e. The molecule has 23 heavy (non-hydrogen) atoms. The highest BCUT2D eigenvalue weighted by Crippen LogP contribution is 2.20. The van der Waals surface area contributed by atoms with Crippen molar-refractivity contribution < 1.29 is 9.21 Å². The molecular formula is C17H16N4O2. The first-order valence-electron chi connectivity index (χ1n) is 7.11. The Bertz CT molecular complexity index is 795. The molecule has 0 bridgehead atoms. The Kier molecular flexibility index (Phi) is 4.05. The van der Waals surface area contributed by atoms with Crippen LogP contribution in [0.3, 0.4) is 0 Å². The number of hydrogen-bond acceptors (Lipinski definition) is 5. The van der Waals surface area contributed by atoms with Crippen molar-refractivity contribution in [2.45, 2.75) is 0 Å². The third-order valence-corrected chi connectivity index (χ3v) is 3.31. The van der Waals surface area contributed by atoms with Crippen LogP contribution in [0, 0.1) is 0 Å². The van der Waals surface area contributed by atoms with E-state index in [0.29, 0.717) is 11.5 Å². The van der Waals surface area contributed by atoms with Crippen molar-refractivity contribution in [1.29, 1.82) is 0 Å². The van der Waals surface area contributed by atoms with Gasteiger partial charge in [0.1, 0.15) is 0 Å². The van der Waals surface area contributed by atoms with Crippen molar-refractivity contribution in [2.75, 3.05) is 24.3 Å². The lowest BCUT2D eigenvalue weighted by atomic mass is 10.2. The molecule has 0 aliphatic carbocycles. The summed E-state index contributed by atoms with van der Waals surface area (Å²) in [5, 5.41) is 10.4. The molecule has 1 amide bonds. The molecule has 0 atom stereocenters. The van der Waals surface area contributed by atoms with Gasteiger partial charge in [-0.1, -0.05) is 23.3 Å². The number of nitrogens with zero attached hydrogens (tertiary/aromatic N) is 3. The predicted molar refractivity (Wildman–Crippen MR) is 88.5 cm³/mol. The number of amides is 1. The van der Waals surface area contributed by atoms with Crippen molar-refractivity contribution in [1.82, 2.24) is 10.2 Å². The zero-order valence-corrected chi connectivity index (χ0v) is 12.9. The minimum absolute atomic E-state index is 0.0746. The summed E-state index contributed by atoms with van der Waals surface area (Å²) in [5.74, 6) is 0.0717. The minimum atomic E-state index is -0.293. The van der Waals surface area contributed by atoms with E-state index in [-0.39, 0.29) is 11.9 Å². The van der Waals surface area contributed by atoms with Crippen molar-refractivity contribution in [3.05, 3.63) is 60.2 Å². The third kappa shape index (κ3) is 3.37. The molecule has 116 valence electrons. The number of carbonyl (C=O) groups is 1. The van der Waals surface area contributed by atoms with Crippen LogP contribution in [-0.2, 0) is 0 Å². The highest BCUT2D eigenvalue weighted by atomic mass is 16.4. The molecule has 3 rings (SSSR count). The minimum Gasteiger partial charge on any atom is -0.403 e. The lowest BCUT2D eigenvalue weighted by Crippen LogP contribution is -2.13. The topological polar surface area (TPSA) is 71.3 Å². The molecule has 6 heteroatoms. The fourth-order valence-electron chi connectivity index (χ4n) is 2.05. The van der Waals surface area contributed by atoms with Crippen molar-refractivity contribution in [3.63, 3.8) is 0 Å². The Hall–Kier alpha value is -3.15. The number of carbonyl (C=O) groups excluding carboxylic acids is 1. The van der Waals surface area contributed by atoms with E-state index < -0.39 is 0 Å². The highest BCUT2D eigenvalue weighted by molar-refractivity contribution is 6.03. The first kappa shape index (κ1) is 14.8. The van der Waals surface area contributed by atoms with E-state index in [9.17, 15) is 4.79 Å². The Morgan fingerprint density at radius 1 is 1.00 bits per heavy atom. The monoisotopic (exact) mass is 308 g/mol. The van der Waals surface area contributed by atoms with Crippen LogP contribution < -0.4 is 10.2 Å². The first-order chi connectivity index (χ1) is 11.1. The van der Waals surface area contributed by atoms with E-state index in [1.54, 1.807) is 12.1 Å². The second-order valence-electron chi connectivity index (χ2n) is 5.17. The fourth-order valence-corrected chi connectivity index (χ4v) is 2.05. The fraction of sp³-hybridized carbons (Fsp3) is 0.118. The largest absolute Gasteiger partial charge is 0.403 e. The van der Waals surface area contributed by atoms with Gasteiger partial charge in [0.2, 0.25) is 5.89 Å². The number of hydrogen-bond donors (Lipinski definition) is 1. The predicted octanol–water partition coefficient (Wildman–Crippen LogP) is 3.05. The molecule has 2 aromatic carbocycles. The summed E-state index contributed by atoms with van der Waals surface area (Å²) >= 11 is 0. The lowest BCUT2D eigenvalue weighted by Gasteiger charge is -2.12. The highest BCUT2D eigenvalue weighted by Gasteiger charge is 2.12. The van der Waals surface area contributed by atoms with E-state index in [1.807, 2.05) is 61.5 Å². The van der Waals surface area contributed by atoms with Crippen LogP contribution in [0.5, 0.6) is 0 Å². The molecule has 0 fully saturated rings. The van der Waals surface area contributed by atoms with Gasteiger partial charge in [-0.3, -0.25) is 10.1 Å². The molecule has 0 aliphatic rings. The van der Waals surface area contributed by atoms with Gasteiger partial charge >= 0.3 is 6.01 Å². The normalized spacial score (nSPS) is 10.3. The molecule has 0 aliphatic heterocycles. The maximum absolute atomic E-state index is 12.2. The molecule has 3 aromatic rings. The van der Waals surface area contributed by atoms with Crippen LogP contribution in [0.2, 0.25) is 0 Å². The Morgan fingerprint density at radius 3 is 2.35 bits per heavy atom. The second-order valence-corrected chi connectivity index (χ2v) is 5.17. The van der Waals surface area contributed by atoms with Gasteiger partial charge in [-0.05, 0) is 36.4 Å². The summed E-state index contributed by atoms with van der Waals surface area (Å²) < 4.78 is 5.46. The lowest BCUT2D eigenvalue weighted by molar-refractivity contribution is 0.102. The number of nitrogens with one attached hydrogen (secondary N) is 1. The van der Waals surface area contributed by atoms with Crippen LogP contribution in [0.1, 0.15) is 10.4 Å². The molecule has 0 radical (unpaired) electrons. The number of anilines is 2. The summed E-state index contributed by atoms with van der Waals surface area (Å²) in [7, 11) is 3.89. The van der Waals surface area contributed by atoms with E-state index in [4.69, 9.17) is 4.42 Å². The van der Waals surface area contributed by atoms with Gasteiger partial charge in [-0.15, -0.1) is 5.10 Å².